The Morgan fingerprint density at radius 1 is 1.26 bits per heavy atom. The van der Waals surface area contributed by atoms with E-state index in [4.69, 9.17) is 10.00 Å². The zero-order chi connectivity index (χ0) is 13.1. The number of rotatable bonds is 5. The third kappa shape index (κ3) is 2.90. The summed E-state index contributed by atoms with van der Waals surface area (Å²) in [5.41, 5.74) is 1.34. The third-order valence-electron chi connectivity index (χ3n) is 4.11. The first-order chi connectivity index (χ1) is 9.38. The van der Waals surface area contributed by atoms with Gasteiger partial charge in [0.2, 0.25) is 0 Å². The summed E-state index contributed by atoms with van der Waals surface area (Å²) in [6.07, 6.45) is 4.33. The van der Waals surface area contributed by atoms with E-state index in [-0.39, 0.29) is 0 Å². The number of fused-ring (bicyclic) bond motifs is 1. The minimum absolute atomic E-state index is 0.559. The maximum Gasteiger partial charge on any atom is 0.122 e. The van der Waals surface area contributed by atoms with Crippen LogP contribution in [-0.2, 0) is 0 Å². The van der Waals surface area contributed by atoms with Gasteiger partial charge in [0.15, 0.2) is 0 Å². The van der Waals surface area contributed by atoms with E-state index in [2.05, 4.69) is 29.2 Å². The largest absolute Gasteiger partial charge is 0.493 e. The second-order valence-corrected chi connectivity index (χ2v) is 5.51. The van der Waals surface area contributed by atoms with Crippen LogP contribution in [0.3, 0.4) is 0 Å². The van der Waals surface area contributed by atoms with Gasteiger partial charge in [0.1, 0.15) is 5.75 Å². The highest BCUT2D eigenvalue weighted by Crippen LogP contribution is 2.36. The molecule has 19 heavy (non-hydrogen) atoms. The minimum Gasteiger partial charge on any atom is -0.493 e. The highest BCUT2D eigenvalue weighted by Gasteiger charge is 2.32. The molecule has 1 aromatic rings. The second-order valence-electron chi connectivity index (χ2n) is 5.51. The summed E-state index contributed by atoms with van der Waals surface area (Å²) in [6.45, 7) is 2.81. The zero-order valence-corrected chi connectivity index (χ0v) is 11.2. The molecule has 0 N–H and O–H groups in total. The fourth-order valence-corrected chi connectivity index (χ4v) is 2.94. The molecular weight excluding hydrogens is 236 g/mol. The zero-order valence-electron chi connectivity index (χ0n) is 11.2. The highest BCUT2D eigenvalue weighted by molar-refractivity contribution is 5.38. The summed E-state index contributed by atoms with van der Waals surface area (Å²) in [5.74, 6) is 1.61. The van der Waals surface area contributed by atoms with Crippen LogP contribution in [0.15, 0.2) is 24.3 Å². The summed E-state index contributed by atoms with van der Waals surface area (Å²) < 4.78 is 5.72. The molecule has 1 aliphatic carbocycles. The molecule has 0 spiro atoms. The number of para-hydroxylation sites is 1. The lowest BCUT2D eigenvalue weighted by Gasteiger charge is -2.31. The maximum atomic E-state index is 8.78. The summed E-state index contributed by atoms with van der Waals surface area (Å²) in [6, 6.07) is 11.4. The van der Waals surface area contributed by atoms with E-state index in [1.807, 2.05) is 6.07 Å². The number of hydrogen-bond donors (Lipinski definition) is 0. The van der Waals surface area contributed by atoms with Gasteiger partial charge in [-0.05, 0) is 30.9 Å². The normalized spacial score (nSPS) is 21.6. The van der Waals surface area contributed by atoms with Crippen LogP contribution in [0.25, 0.3) is 0 Å². The second kappa shape index (κ2) is 5.63. The van der Waals surface area contributed by atoms with Crippen molar-refractivity contribution in [3.8, 4) is 11.8 Å². The van der Waals surface area contributed by atoms with Gasteiger partial charge in [-0.25, -0.2) is 0 Å². The number of nitrogens with zero attached hydrogens (tertiary/aromatic N) is 2. The molecule has 0 saturated heterocycles. The first-order valence-electron chi connectivity index (χ1n) is 7.21. The average molecular weight is 256 g/mol. The van der Waals surface area contributed by atoms with E-state index >= 15 is 0 Å². The molecule has 3 heteroatoms. The molecule has 1 atom stereocenters. The van der Waals surface area contributed by atoms with Gasteiger partial charge >= 0.3 is 0 Å². The first-order valence-corrected chi connectivity index (χ1v) is 7.21. The van der Waals surface area contributed by atoms with Gasteiger partial charge in [-0.1, -0.05) is 18.2 Å². The molecule has 3 nitrogen and oxygen atoms in total. The van der Waals surface area contributed by atoms with Crippen molar-refractivity contribution in [3.05, 3.63) is 29.8 Å². The molecule has 0 bridgehead atoms. The van der Waals surface area contributed by atoms with Crippen molar-refractivity contribution >= 4 is 0 Å². The van der Waals surface area contributed by atoms with E-state index in [1.54, 1.807) is 0 Å². The van der Waals surface area contributed by atoms with Gasteiger partial charge in [-0.2, -0.15) is 5.26 Å². The highest BCUT2D eigenvalue weighted by atomic mass is 16.5. The van der Waals surface area contributed by atoms with Crippen molar-refractivity contribution in [1.82, 2.24) is 4.90 Å². The Morgan fingerprint density at radius 3 is 2.89 bits per heavy atom. The SMILES string of the molecule is N#CCCN(CC1CCOc2ccccc21)C1CC1. The van der Waals surface area contributed by atoms with Gasteiger partial charge < -0.3 is 4.74 Å². The van der Waals surface area contributed by atoms with Crippen molar-refractivity contribution in [1.29, 1.82) is 5.26 Å². The Hall–Kier alpha value is -1.53. The molecule has 1 saturated carbocycles. The molecule has 1 heterocycles. The lowest BCUT2D eigenvalue weighted by molar-refractivity contribution is 0.207. The molecule has 1 aliphatic heterocycles. The van der Waals surface area contributed by atoms with E-state index in [0.29, 0.717) is 12.3 Å². The summed E-state index contributed by atoms with van der Waals surface area (Å²) >= 11 is 0. The van der Waals surface area contributed by atoms with Gasteiger partial charge in [-0.3, -0.25) is 4.90 Å². The number of ether oxygens (including phenoxy) is 1. The van der Waals surface area contributed by atoms with Crippen LogP contribution in [0.1, 0.15) is 37.2 Å². The molecule has 1 unspecified atom stereocenters. The fourth-order valence-electron chi connectivity index (χ4n) is 2.94. The summed E-state index contributed by atoms with van der Waals surface area (Å²) in [5, 5.41) is 8.78. The summed E-state index contributed by atoms with van der Waals surface area (Å²) in [4.78, 5) is 2.51. The van der Waals surface area contributed by atoms with Crippen molar-refractivity contribution in [2.24, 2.45) is 0 Å². The van der Waals surface area contributed by atoms with Gasteiger partial charge in [-0.15, -0.1) is 0 Å². The molecule has 1 aromatic carbocycles. The average Bonchev–Trinajstić information content (AvgIpc) is 3.28. The Balaban J connectivity index is 1.70. The quantitative estimate of drug-likeness (QED) is 0.812. The van der Waals surface area contributed by atoms with Gasteiger partial charge in [0, 0.05) is 31.5 Å². The van der Waals surface area contributed by atoms with Crippen molar-refractivity contribution < 1.29 is 4.74 Å². The lowest BCUT2D eigenvalue weighted by atomic mass is 9.92. The van der Waals surface area contributed by atoms with Crippen LogP contribution in [0, 0.1) is 11.3 Å². The van der Waals surface area contributed by atoms with E-state index in [0.717, 1.165) is 37.9 Å². The van der Waals surface area contributed by atoms with E-state index in [1.165, 1.54) is 18.4 Å². The van der Waals surface area contributed by atoms with Crippen LogP contribution >= 0.6 is 0 Å². The predicted molar refractivity (Wildman–Crippen MR) is 74.1 cm³/mol. The monoisotopic (exact) mass is 256 g/mol. The van der Waals surface area contributed by atoms with Gasteiger partial charge in [0.05, 0.1) is 12.7 Å². The lowest BCUT2D eigenvalue weighted by Crippen LogP contribution is -2.33. The molecule has 100 valence electrons. The molecule has 3 rings (SSSR count). The Morgan fingerprint density at radius 2 is 2.11 bits per heavy atom. The number of nitriles is 1. The third-order valence-corrected chi connectivity index (χ3v) is 4.11. The van der Waals surface area contributed by atoms with Crippen LogP contribution in [0.5, 0.6) is 5.75 Å². The topological polar surface area (TPSA) is 36.3 Å². The Labute approximate surface area is 114 Å². The molecule has 0 amide bonds. The maximum absolute atomic E-state index is 8.78. The fraction of sp³-hybridized carbons (Fsp3) is 0.562. The predicted octanol–water partition coefficient (Wildman–Crippen LogP) is 2.93. The van der Waals surface area contributed by atoms with Crippen molar-refractivity contribution in [3.63, 3.8) is 0 Å². The molecule has 0 aromatic heterocycles. The van der Waals surface area contributed by atoms with Crippen LogP contribution in [-0.4, -0.2) is 30.6 Å². The van der Waals surface area contributed by atoms with Crippen molar-refractivity contribution in [2.45, 2.75) is 37.6 Å². The molecule has 0 radical (unpaired) electrons. The first kappa shape index (κ1) is 12.5. The smallest absolute Gasteiger partial charge is 0.122 e. The van der Waals surface area contributed by atoms with Crippen LogP contribution in [0.2, 0.25) is 0 Å². The van der Waals surface area contributed by atoms with E-state index < -0.39 is 0 Å². The molecule has 2 aliphatic rings. The van der Waals surface area contributed by atoms with Gasteiger partial charge in [0.25, 0.3) is 0 Å². The summed E-state index contributed by atoms with van der Waals surface area (Å²) in [7, 11) is 0. The van der Waals surface area contributed by atoms with Crippen molar-refractivity contribution in [2.75, 3.05) is 19.7 Å². The Bertz CT molecular complexity index is 476. The standard InChI is InChI=1S/C16H20N2O/c17-9-3-10-18(14-6-7-14)12-13-8-11-19-16-5-2-1-4-15(13)16/h1-2,4-5,13-14H,3,6-8,10-12H2. The minimum atomic E-state index is 0.559. The molecule has 1 fully saturated rings. The van der Waals surface area contributed by atoms with E-state index in [9.17, 15) is 0 Å². The Kier molecular flexibility index (Phi) is 3.70. The van der Waals surface area contributed by atoms with Crippen LogP contribution < -0.4 is 4.74 Å². The number of hydrogen-bond acceptors (Lipinski definition) is 3. The molecular formula is C16H20N2O. The van der Waals surface area contributed by atoms with Crippen LogP contribution in [0.4, 0.5) is 0 Å². The number of benzene rings is 1.